The van der Waals surface area contributed by atoms with Gasteiger partial charge in [-0.1, -0.05) is 13.3 Å². The first kappa shape index (κ1) is 13.7. The van der Waals surface area contributed by atoms with Crippen LogP contribution < -0.4 is 10.6 Å². The van der Waals surface area contributed by atoms with E-state index in [1.54, 1.807) is 17.7 Å². The van der Waals surface area contributed by atoms with Gasteiger partial charge in [0, 0.05) is 23.7 Å². The number of nitrogens with zero attached hydrogens (tertiary/aromatic N) is 3. The van der Waals surface area contributed by atoms with Gasteiger partial charge in [0.2, 0.25) is 0 Å². The van der Waals surface area contributed by atoms with Crippen molar-refractivity contribution < 1.29 is 0 Å². The Hall–Kier alpha value is -1.69. The maximum absolute atomic E-state index is 4.35. The fraction of sp³-hybridized carbons (Fsp3) is 0.462. The molecular weight excluding hydrogens is 258 g/mol. The highest BCUT2D eigenvalue weighted by atomic mass is 32.1. The summed E-state index contributed by atoms with van der Waals surface area (Å²) in [7, 11) is 0. The van der Waals surface area contributed by atoms with Crippen molar-refractivity contribution >= 4 is 23.0 Å². The molecule has 2 aromatic heterocycles. The molecule has 2 aromatic rings. The molecule has 0 bridgehead atoms. The van der Waals surface area contributed by atoms with Gasteiger partial charge in [-0.05, 0) is 13.3 Å². The summed E-state index contributed by atoms with van der Waals surface area (Å²) in [4.78, 5) is 12.9. The summed E-state index contributed by atoms with van der Waals surface area (Å²) in [5.41, 5.74) is 1.16. The Morgan fingerprint density at radius 3 is 2.53 bits per heavy atom. The van der Waals surface area contributed by atoms with Gasteiger partial charge in [0.1, 0.15) is 23.0 Å². The maximum Gasteiger partial charge on any atom is 0.135 e. The van der Waals surface area contributed by atoms with E-state index < -0.39 is 0 Å². The average molecular weight is 277 g/mol. The number of nitrogens with one attached hydrogen (secondary N) is 2. The van der Waals surface area contributed by atoms with E-state index in [1.807, 2.05) is 11.6 Å². The first-order valence-corrected chi connectivity index (χ1v) is 7.43. The molecule has 0 spiro atoms. The molecule has 2 heterocycles. The quantitative estimate of drug-likeness (QED) is 0.814. The standard InChI is InChI=1S/C13H19N5S/c1-3-5-10-12(14-4-2)17-9-18-13(10)16-8-11-15-6-7-19-11/h6-7,9H,3-5,8H2,1-2H3,(H2,14,16,17,18). The van der Waals surface area contributed by atoms with Gasteiger partial charge in [-0.3, -0.25) is 0 Å². The van der Waals surface area contributed by atoms with Crippen molar-refractivity contribution in [2.24, 2.45) is 0 Å². The van der Waals surface area contributed by atoms with Crippen LogP contribution in [0.2, 0.25) is 0 Å². The van der Waals surface area contributed by atoms with Crippen LogP contribution in [0.4, 0.5) is 11.6 Å². The number of thiazole rings is 1. The van der Waals surface area contributed by atoms with Crippen molar-refractivity contribution in [2.75, 3.05) is 17.2 Å². The van der Waals surface area contributed by atoms with Crippen molar-refractivity contribution in [1.82, 2.24) is 15.0 Å². The molecule has 6 heteroatoms. The predicted molar refractivity (Wildman–Crippen MR) is 79.6 cm³/mol. The van der Waals surface area contributed by atoms with Crippen molar-refractivity contribution in [1.29, 1.82) is 0 Å². The van der Waals surface area contributed by atoms with Crippen LogP contribution in [0, 0.1) is 0 Å². The minimum absolute atomic E-state index is 0.705. The van der Waals surface area contributed by atoms with E-state index in [0.29, 0.717) is 6.54 Å². The lowest BCUT2D eigenvalue weighted by atomic mass is 10.1. The van der Waals surface area contributed by atoms with E-state index in [4.69, 9.17) is 0 Å². The van der Waals surface area contributed by atoms with E-state index in [2.05, 4.69) is 39.4 Å². The molecule has 0 saturated heterocycles. The van der Waals surface area contributed by atoms with E-state index in [1.165, 1.54) is 0 Å². The molecule has 0 aliphatic carbocycles. The van der Waals surface area contributed by atoms with Gasteiger partial charge in [-0.15, -0.1) is 11.3 Å². The highest BCUT2D eigenvalue weighted by Gasteiger charge is 2.10. The third-order valence-electron chi connectivity index (χ3n) is 2.68. The Morgan fingerprint density at radius 2 is 1.89 bits per heavy atom. The molecule has 0 unspecified atom stereocenters. The van der Waals surface area contributed by atoms with Crippen molar-refractivity contribution in [3.05, 3.63) is 28.5 Å². The summed E-state index contributed by atoms with van der Waals surface area (Å²) in [5.74, 6) is 1.84. The Labute approximate surface area is 117 Å². The monoisotopic (exact) mass is 277 g/mol. The zero-order valence-electron chi connectivity index (χ0n) is 11.3. The normalized spacial score (nSPS) is 10.4. The Kier molecular flexibility index (Phi) is 5.09. The van der Waals surface area contributed by atoms with Crippen LogP contribution in [0.1, 0.15) is 30.8 Å². The Bertz CT molecular complexity index is 498. The summed E-state index contributed by atoms with van der Waals surface area (Å²) >= 11 is 1.64. The van der Waals surface area contributed by atoms with Crippen LogP contribution in [0.3, 0.4) is 0 Å². The molecule has 19 heavy (non-hydrogen) atoms. The van der Waals surface area contributed by atoms with Gasteiger partial charge in [0.15, 0.2) is 0 Å². The Morgan fingerprint density at radius 1 is 1.11 bits per heavy atom. The number of anilines is 2. The molecule has 0 aromatic carbocycles. The summed E-state index contributed by atoms with van der Waals surface area (Å²) in [6.07, 6.45) is 5.45. The van der Waals surface area contributed by atoms with Crippen LogP contribution >= 0.6 is 11.3 Å². The zero-order chi connectivity index (χ0) is 13.5. The highest BCUT2D eigenvalue weighted by molar-refractivity contribution is 7.09. The lowest BCUT2D eigenvalue weighted by Crippen LogP contribution is -2.10. The molecule has 5 nitrogen and oxygen atoms in total. The lowest BCUT2D eigenvalue weighted by Gasteiger charge is -2.13. The van der Waals surface area contributed by atoms with Crippen molar-refractivity contribution in [3.8, 4) is 0 Å². The van der Waals surface area contributed by atoms with Gasteiger partial charge in [0.05, 0.1) is 6.54 Å². The SMILES string of the molecule is CCCc1c(NCC)ncnc1NCc1nccs1. The molecule has 0 aliphatic rings. The third kappa shape index (κ3) is 3.64. The van der Waals surface area contributed by atoms with Crippen LogP contribution in [0.25, 0.3) is 0 Å². The molecule has 0 aliphatic heterocycles. The predicted octanol–water partition coefficient (Wildman–Crippen LogP) is 2.93. The summed E-state index contributed by atoms with van der Waals surface area (Å²) in [6, 6.07) is 0. The second kappa shape index (κ2) is 7.04. The number of hydrogen-bond acceptors (Lipinski definition) is 6. The molecule has 0 atom stereocenters. The number of hydrogen-bond donors (Lipinski definition) is 2. The second-order valence-electron chi connectivity index (χ2n) is 4.11. The number of rotatable bonds is 7. The minimum atomic E-state index is 0.705. The summed E-state index contributed by atoms with van der Waals surface area (Å²) in [5, 5.41) is 9.69. The lowest BCUT2D eigenvalue weighted by molar-refractivity contribution is 0.894. The van der Waals surface area contributed by atoms with Crippen LogP contribution in [0.5, 0.6) is 0 Å². The van der Waals surface area contributed by atoms with Gasteiger partial charge in [-0.2, -0.15) is 0 Å². The van der Waals surface area contributed by atoms with E-state index >= 15 is 0 Å². The van der Waals surface area contributed by atoms with Gasteiger partial charge in [-0.25, -0.2) is 15.0 Å². The maximum atomic E-state index is 4.35. The first-order valence-electron chi connectivity index (χ1n) is 6.55. The Balaban J connectivity index is 2.15. The highest BCUT2D eigenvalue weighted by Crippen LogP contribution is 2.22. The molecule has 102 valence electrons. The third-order valence-corrected chi connectivity index (χ3v) is 3.46. The largest absolute Gasteiger partial charge is 0.370 e. The molecule has 2 N–H and O–H groups in total. The van der Waals surface area contributed by atoms with Crippen molar-refractivity contribution in [2.45, 2.75) is 33.2 Å². The molecule has 0 radical (unpaired) electrons. The molecular formula is C13H19N5S. The molecule has 0 fully saturated rings. The van der Waals surface area contributed by atoms with Gasteiger partial charge < -0.3 is 10.6 Å². The topological polar surface area (TPSA) is 62.7 Å². The summed E-state index contributed by atoms with van der Waals surface area (Å²) in [6.45, 7) is 5.80. The smallest absolute Gasteiger partial charge is 0.135 e. The fourth-order valence-corrected chi connectivity index (χ4v) is 2.43. The van der Waals surface area contributed by atoms with E-state index in [-0.39, 0.29) is 0 Å². The van der Waals surface area contributed by atoms with E-state index in [0.717, 1.165) is 41.6 Å². The fourth-order valence-electron chi connectivity index (χ4n) is 1.87. The minimum Gasteiger partial charge on any atom is -0.370 e. The molecule has 0 saturated carbocycles. The zero-order valence-corrected chi connectivity index (χ0v) is 12.1. The van der Waals surface area contributed by atoms with Gasteiger partial charge in [0.25, 0.3) is 0 Å². The van der Waals surface area contributed by atoms with Crippen LogP contribution in [-0.2, 0) is 13.0 Å². The second-order valence-corrected chi connectivity index (χ2v) is 5.09. The van der Waals surface area contributed by atoms with Crippen molar-refractivity contribution in [3.63, 3.8) is 0 Å². The van der Waals surface area contributed by atoms with Crippen LogP contribution in [0.15, 0.2) is 17.9 Å². The van der Waals surface area contributed by atoms with Gasteiger partial charge >= 0.3 is 0 Å². The summed E-state index contributed by atoms with van der Waals surface area (Å²) < 4.78 is 0. The van der Waals surface area contributed by atoms with Crippen LogP contribution in [-0.4, -0.2) is 21.5 Å². The first-order chi connectivity index (χ1) is 9.35. The number of aromatic nitrogens is 3. The molecule has 2 rings (SSSR count). The molecule has 0 amide bonds. The van der Waals surface area contributed by atoms with E-state index in [9.17, 15) is 0 Å². The average Bonchev–Trinajstić information content (AvgIpc) is 2.93.